The van der Waals surface area contributed by atoms with Crippen LogP contribution in [0.3, 0.4) is 0 Å². The third-order valence-electron chi connectivity index (χ3n) is 4.54. The quantitative estimate of drug-likeness (QED) is 0.492. The van der Waals surface area contributed by atoms with Crippen molar-refractivity contribution in [2.75, 3.05) is 5.32 Å². The molecule has 0 radical (unpaired) electrons. The van der Waals surface area contributed by atoms with E-state index in [-0.39, 0.29) is 11.1 Å². The summed E-state index contributed by atoms with van der Waals surface area (Å²) in [5, 5.41) is 13.7. The van der Waals surface area contributed by atoms with Crippen molar-refractivity contribution in [1.82, 2.24) is 14.5 Å². The van der Waals surface area contributed by atoms with Crippen LogP contribution in [0.1, 0.15) is 18.7 Å². The molecule has 0 spiro atoms. The fraction of sp³-hybridized carbons (Fsp3) is 0.235. The summed E-state index contributed by atoms with van der Waals surface area (Å²) >= 11 is 0. The van der Waals surface area contributed by atoms with Crippen LogP contribution in [-0.2, 0) is 12.6 Å². The van der Waals surface area contributed by atoms with E-state index in [0.29, 0.717) is 5.69 Å². The maximum Gasteiger partial charge on any atom is 0.252 e. The summed E-state index contributed by atoms with van der Waals surface area (Å²) in [6.07, 6.45) is 5.29. The first-order valence-electron chi connectivity index (χ1n) is 7.80. The Hall–Kier alpha value is -2.77. The maximum absolute atomic E-state index is 12.3. The zero-order valence-electron chi connectivity index (χ0n) is 13.2. The molecule has 0 amide bonds. The van der Waals surface area contributed by atoms with Gasteiger partial charge in [0.05, 0.1) is 16.7 Å². The number of nitrogens with zero attached hydrogens (tertiary/aromatic N) is 3. The lowest BCUT2D eigenvalue weighted by molar-refractivity contribution is -0.825. The average molecular weight is 324 g/mol. The van der Waals surface area contributed by atoms with Crippen LogP contribution in [0.4, 0.5) is 11.4 Å². The summed E-state index contributed by atoms with van der Waals surface area (Å²) in [4.78, 5) is 21.0. The van der Waals surface area contributed by atoms with E-state index in [1.807, 2.05) is 12.1 Å². The van der Waals surface area contributed by atoms with Crippen molar-refractivity contribution < 1.29 is 10.7 Å². The van der Waals surface area contributed by atoms with E-state index < -0.39 is 0 Å². The number of hydrogen-bond acceptors (Lipinski definition) is 5. The molecule has 1 aliphatic rings. The predicted molar refractivity (Wildman–Crippen MR) is 89.1 cm³/mol. The number of nitrogens with one attached hydrogen (secondary N) is 1. The van der Waals surface area contributed by atoms with Crippen LogP contribution in [0, 0.1) is 0 Å². The van der Waals surface area contributed by atoms with Crippen molar-refractivity contribution in [2.24, 2.45) is 7.05 Å². The van der Waals surface area contributed by atoms with E-state index in [4.69, 9.17) is 0 Å². The SMILES string of the molecule is Cn1c(=O)cc(NC2(c3ncccn3)CC2)c2cc([NH2+]O)ccc21. The van der Waals surface area contributed by atoms with Crippen LogP contribution in [0.25, 0.3) is 10.9 Å². The van der Waals surface area contributed by atoms with E-state index >= 15 is 0 Å². The predicted octanol–water partition coefficient (Wildman–Crippen LogP) is 1.01. The second kappa shape index (κ2) is 5.40. The molecule has 1 aliphatic carbocycles. The molecule has 7 nitrogen and oxygen atoms in total. The highest BCUT2D eigenvalue weighted by atomic mass is 16.5. The number of pyridine rings is 1. The van der Waals surface area contributed by atoms with Gasteiger partial charge in [-0.2, -0.15) is 5.48 Å². The number of fused-ring (bicyclic) bond motifs is 1. The molecule has 4 rings (SSSR count). The Kier molecular flexibility index (Phi) is 3.33. The number of anilines is 1. The molecule has 4 N–H and O–H groups in total. The zero-order valence-corrected chi connectivity index (χ0v) is 13.2. The molecule has 122 valence electrons. The molecule has 2 aromatic heterocycles. The van der Waals surface area contributed by atoms with Crippen LogP contribution in [0.5, 0.6) is 0 Å². The standard InChI is InChI=1S/C17H17N5O2/c1-22-14-4-3-11(21-24)9-12(14)13(10-15(22)23)20-17(5-6-17)16-18-7-2-8-19-16/h2-4,7-10,20-21,24H,5-6H2,1H3/p+1. The molecule has 0 saturated heterocycles. The van der Waals surface area contributed by atoms with Gasteiger partial charge in [-0.15, -0.1) is 0 Å². The van der Waals surface area contributed by atoms with Gasteiger partial charge in [0.25, 0.3) is 5.56 Å². The second-order valence-corrected chi connectivity index (χ2v) is 6.14. The zero-order chi connectivity index (χ0) is 16.7. The average Bonchev–Trinajstić information content (AvgIpc) is 3.40. The van der Waals surface area contributed by atoms with Gasteiger partial charge in [-0.25, -0.2) is 15.2 Å². The molecule has 3 aromatic rings. The first-order chi connectivity index (χ1) is 11.6. The molecular formula is C17H18N5O2+. The monoisotopic (exact) mass is 324 g/mol. The van der Waals surface area contributed by atoms with Gasteiger partial charge in [-0.05, 0) is 25.0 Å². The molecule has 2 heterocycles. The van der Waals surface area contributed by atoms with E-state index in [1.54, 1.807) is 42.2 Å². The Labute approximate surface area is 138 Å². The summed E-state index contributed by atoms with van der Waals surface area (Å²) in [6, 6.07) is 8.85. The molecule has 0 atom stereocenters. The van der Waals surface area contributed by atoms with Crippen molar-refractivity contribution in [3.63, 3.8) is 0 Å². The number of hydrogen-bond donors (Lipinski definition) is 3. The highest BCUT2D eigenvalue weighted by Gasteiger charge is 2.47. The third kappa shape index (κ3) is 2.34. The minimum Gasteiger partial charge on any atom is -0.372 e. The van der Waals surface area contributed by atoms with Gasteiger partial charge in [0.15, 0.2) is 11.5 Å². The van der Waals surface area contributed by atoms with Crippen LogP contribution in [0.15, 0.2) is 47.5 Å². The molecular weight excluding hydrogens is 306 g/mol. The minimum absolute atomic E-state index is 0.0875. The lowest BCUT2D eigenvalue weighted by Gasteiger charge is -2.19. The van der Waals surface area contributed by atoms with Crippen LogP contribution < -0.4 is 16.4 Å². The van der Waals surface area contributed by atoms with E-state index in [1.165, 1.54) is 0 Å². The molecule has 0 aliphatic heterocycles. The van der Waals surface area contributed by atoms with Crippen molar-refractivity contribution in [3.05, 3.63) is 58.9 Å². The van der Waals surface area contributed by atoms with Crippen molar-refractivity contribution in [3.8, 4) is 0 Å². The maximum atomic E-state index is 12.3. The van der Waals surface area contributed by atoms with Gasteiger partial charge in [-0.3, -0.25) is 4.79 Å². The van der Waals surface area contributed by atoms with E-state index in [0.717, 1.165) is 40.7 Å². The number of rotatable bonds is 4. The summed E-state index contributed by atoms with van der Waals surface area (Å²) in [6.45, 7) is 0. The lowest BCUT2D eigenvalue weighted by Crippen LogP contribution is -2.73. The molecule has 7 heteroatoms. The fourth-order valence-corrected chi connectivity index (χ4v) is 3.00. The molecule has 1 aromatic carbocycles. The van der Waals surface area contributed by atoms with Crippen LogP contribution in [-0.4, -0.2) is 19.7 Å². The van der Waals surface area contributed by atoms with Crippen LogP contribution >= 0.6 is 0 Å². The molecule has 1 fully saturated rings. The normalized spacial score (nSPS) is 15.4. The fourth-order valence-electron chi connectivity index (χ4n) is 3.00. The molecule has 1 saturated carbocycles. The Morgan fingerprint density at radius 1 is 1.25 bits per heavy atom. The van der Waals surface area contributed by atoms with Gasteiger partial charge in [0.1, 0.15) is 0 Å². The Morgan fingerprint density at radius 3 is 2.67 bits per heavy atom. The lowest BCUT2D eigenvalue weighted by atomic mass is 10.1. The second-order valence-electron chi connectivity index (χ2n) is 6.14. The smallest absolute Gasteiger partial charge is 0.252 e. The van der Waals surface area contributed by atoms with Crippen LogP contribution in [0.2, 0.25) is 0 Å². The number of aromatic nitrogens is 3. The Bertz CT molecular complexity index is 964. The first kappa shape index (κ1) is 14.8. The van der Waals surface area contributed by atoms with Gasteiger partial charge >= 0.3 is 0 Å². The van der Waals surface area contributed by atoms with Crippen molar-refractivity contribution >= 4 is 22.3 Å². The minimum atomic E-state index is -0.320. The van der Waals surface area contributed by atoms with E-state index in [9.17, 15) is 10.0 Å². The summed E-state index contributed by atoms with van der Waals surface area (Å²) in [5.41, 5.74) is 2.88. The van der Waals surface area contributed by atoms with Gasteiger partial charge in [0.2, 0.25) is 0 Å². The van der Waals surface area contributed by atoms with Crippen molar-refractivity contribution in [2.45, 2.75) is 18.4 Å². The largest absolute Gasteiger partial charge is 0.372 e. The van der Waals surface area contributed by atoms with E-state index in [2.05, 4.69) is 15.3 Å². The molecule has 0 bridgehead atoms. The van der Waals surface area contributed by atoms with Gasteiger partial charge < -0.3 is 9.88 Å². The van der Waals surface area contributed by atoms with Gasteiger partial charge in [0, 0.05) is 43.0 Å². The molecule has 24 heavy (non-hydrogen) atoms. The van der Waals surface area contributed by atoms with Gasteiger partial charge in [-0.1, -0.05) is 0 Å². The number of aryl methyl sites for hydroxylation is 1. The number of quaternary nitrogens is 1. The Balaban J connectivity index is 1.85. The van der Waals surface area contributed by atoms with Crippen molar-refractivity contribution in [1.29, 1.82) is 0 Å². The summed E-state index contributed by atoms with van der Waals surface area (Å²) < 4.78 is 1.60. The Morgan fingerprint density at radius 2 is 2.00 bits per heavy atom. The first-order valence-corrected chi connectivity index (χ1v) is 7.80. The molecule has 0 unspecified atom stereocenters. The number of benzene rings is 1. The highest BCUT2D eigenvalue weighted by molar-refractivity contribution is 5.93. The number of nitrogens with two attached hydrogens (primary N) is 1. The third-order valence-corrected chi connectivity index (χ3v) is 4.54. The summed E-state index contributed by atoms with van der Waals surface area (Å²) in [7, 11) is 1.74. The summed E-state index contributed by atoms with van der Waals surface area (Å²) in [5.74, 6) is 0.740. The topological polar surface area (TPSA) is 96.7 Å². The highest BCUT2D eigenvalue weighted by Crippen LogP contribution is 2.47.